The van der Waals surface area contributed by atoms with Gasteiger partial charge in [0.15, 0.2) is 0 Å². The van der Waals surface area contributed by atoms with Crippen molar-refractivity contribution in [3.05, 3.63) is 70.2 Å². The Hall–Kier alpha value is -2.64. The predicted octanol–water partition coefficient (Wildman–Crippen LogP) is 4.27. The van der Waals surface area contributed by atoms with Gasteiger partial charge < -0.3 is 10.1 Å². The Kier molecular flexibility index (Phi) is 7.57. The van der Waals surface area contributed by atoms with Crippen molar-refractivity contribution >= 4 is 23.3 Å². The van der Waals surface area contributed by atoms with Crippen LogP contribution in [0.1, 0.15) is 42.9 Å². The molecule has 2 aromatic carbocycles. The van der Waals surface area contributed by atoms with Gasteiger partial charge in [0.1, 0.15) is 5.78 Å². The summed E-state index contributed by atoms with van der Waals surface area (Å²) >= 11 is 5.88. The fourth-order valence-corrected chi connectivity index (χ4v) is 3.14. The van der Waals surface area contributed by atoms with Gasteiger partial charge in [-0.2, -0.15) is 5.26 Å². The van der Waals surface area contributed by atoms with Gasteiger partial charge >= 0.3 is 0 Å². The zero-order valence-electron chi connectivity index (χ0n) is 15.5. The molecule has 140 valence electrons. The van der Waals surface area contributed by atoms with E-state index in [1.807, 2.05) is 43.3 Å². The van der Waals surface area contributed by atoms with E-state index in [-0.39, 0.29) is 24.0 Å². The number of carbonyl (C=O) groups excluding carboxylic acids is 2. The van der Waals surface area contributed by atoms with E-state index in [4.69, 9.17) is 16.9 Å². The lowest BCUT2D eigenvalue weighted by Gasteiger charge is -2.23. The number of amides is 1. The zero-order chi connectivity index (χ0) is 19.8. The summed E-state index contributed by atoms with van der Waals surface area (Å²) in [5.41, 5.74) is 2.59. The van der Waals surface area contributed by atoms with Crippen molar-refractivity contribution in [2.45, 2.75) is 32.6 Å². The smallest absolute Gasteiger partial charge is 0.224 e. The number of ketones is 1. The highest BCUT2D eigenvalue weighted by atomic mass is 35.5. The average molecular weight is 383 g/mol. The largest absolute Gasteiger partial charge is 0.356 e. The number of benzene rings is 2. The number of halogens is 1. The lowest BCUT2D eigenvalue weighted by Crippen LogP contribution is -2.35. The van der Waals surface area contributed by atoms with E-state index < -0.39 is 5.92 Å². The van der Waals surface area contributed by atoms with Crippen molar-refractivity contribution in [2.75, 3.05) is 6.54 Å². The third-order valence-electron chi connectivity index (χ3n) is 4.64. The number of Topliss-reactive ketones (excluding diaryl/α,β-unsaturated/α-hetero) is 1. The maximum absolute atomic E-state index is 12.7. The normalized spacial score (nSPS) is 12.7. The van der Waals surface area contributed by atoms with Gasteiger partial charge in [-0.25, -0.2) is 0 Å². The van der Waals surface area contributed by atoms with E-state index in [1.54, 1.807) is 12.1 Å². The van der Waals surface area contributed by atoms with E-state index in [2.05, 4.69) is 11.4 Å². The van der Waals surface area contributed by atoms with Crippen LogP contribution < -0.4 is 5.32 Å². The Morgan fingerprint density at radius 2 is 1.74 bits per heavy atom. The number of rotatable bonds is 8. The highest BCUT2D eigenvalue weighted by molar-refractivity contribution is 6.30. The van der Waals surface area contributed by atoms with Crippen LogP contribution in [0.2, 0.25) is 5.02 Å². The fraction of sp³-hybridized carbons (Fsp3) is 0.318. The minimum absolute atomic E-state index is 0.0200. The molecular formula is C22H23ClN2O2. The fourth-order valence-electron chi connectivity index (χ4n) is 3.01. The van der Waals surface area contributed by atoms with E-state index in [0.717, 1.165) is 11.1 Å². The molecule has 0 unspecified atom stereocenters. The summed E-state index contributed by atoms with van der Waals surface area (Å²) in [7, 11) is 0. The molecule has 2 rings (SSSR count). The summed E-state index contributed by atoms with van der Waals surface area (Å²) in [5, 5.41) is 12.6. The number of carbonyl (C=O) groups is 2. The SMILES string of the molecule is CC(=O)C[C@H](C(=O)NCCc1ccc(Cl)cc1)[C@H](C)c1ccc(C#N)cc1. The molecule has 0 aromatic heterocycles. The number of hydrogen-bond donors (Lipinski definition) is 1. The highest BCUT2D eigenvalue weighted by Crippen LogP contribution is 2.27. The summed E-state index contributed by atoms with van der Waals surface area (Å²) in [6.07, 6.45) is 0.884. The van der Waals surface area contributed by atoms with Gasteiger partial charge in [-0.15, -0.1) is 0 Å². The highest BCUT2D eigenvalue weighted by Gasteiger charge is 2.27. The van der Waals surface area contributed by atoms with Gasteiger partial charge in [-0.05, 0) is 54.7 Å². The Morgan fingerprint density at radius 1 is 1.11 bits per heavy atom. The van der Waals surface area contributed by atoms with Crippen LogP contribution in [0.4, 0.5) is 0 Å². The molecule has 0 aliphatic heterocycles. The monoisotopic (exact) mass is 382 g/mol. The molecule has 0 fully saturated rings. The summed E-state index contributed by atoms with van der Waals surface area (Å²) in [6, 6.07) is 16.7. The second-order valence-electron chi connectivity index (χ2n) is 6.70. The van der Waals surface area contributed by atoms with Crippen molar-refractivity contribution in [3.63, 3.8) is 0 Å². The van der Waals surface area contributed by atoms with Gasteiger partial charge in [-0.3, -0.25) is 4.79 Å². The maximum Gasteiger partial charge on any atom is 0.224 e. The molecular weight excluding hydrogens is 360 g/mol. The Bertz CT molecular complexity index is 823. The first-order chi connectivity index (χ1) is 12.9. The molecule has 0 saturated heterocycles. The third kappa shape index (κ3) is 6.23. The predicted molar refractivity (Wildman–Crippen MR) is 107 cm³/mol. The van der Waals surface area contributed by atoms with Gasteiger partial charge in [0, 0.05) is 18.0 Å². The van der Waals surface area contributed by atoms with E-state index in [1.165, 1.54) is 6.92 Å². The second-order valence-corrected chi connectivity index (χ2v) is 7.14. The van der Waals surface area contributed by atoms with Crippen molar-refractivity contribution in [3.8, 4) is 6.07 Å². The molecule has 0 saturated carbocycles. The molecule has 5 heteroatoms. The van der Waals surface area contributed by atoms with Crippen LogP contribution in [-0.2, 0) is 16.0 Å². The Morgan fingerprint density at radius 3 is 2.30 bits per heavy atom. The molecule has 1 amide bonds. The summed E-state index contributed by atoms with van der Waals surface area (Å²) < 4.78 is 0. The van der Waals surface area contributed by atoms with Crippen LogP contribution in [0.15, 0.2) is 48.5 Å². The van der Waals surface area contributed by atoms with Crippen LogP contribution in [0, 0.1) is 17.2 Å². The van der Waals surface area contributed by atoms with Gasteiger partial charge in [0.05, 0.1) is 17.6 Å². The number of nitrogens with one attached hydrogen (secondary N) is 1. The first-order valence-electron chi connectivity index (χ1n) is 8.92. The van der Waals surface area contributed by atoms with Crippen molar-refractivity contribution in [1.82, 2.24) is 5.32 Å². The van der Waals surface area contributed by atoms with Crippen LogP contribution in [0.5, 0.6) is 0 Å². The number of hydrogen-bond acceptors (Lipinski definition) is 3. The van der Waals surface area contributed by atoms with E-state index >= 15 is 0 Å². The van der Waals surface area contributed by atoms with Crippen LogP contribution in [0.3, 0.4) is 0 Å². The average Bonchev–Trinajstić information content (AvgIpc) is 2.67. The molecule has 0 aliphatic carbocycles. The minimum Gasteiger partial charge on any atom is -0.356 e. The molecule has 0 radical (unpaired) electrons. The van der Waals surface area contributed by atoms with Crippen molar-refractivity contribution in [2.24, 2.45) is 5.92 Å². The third-order valence-corrected chi connectivity index (χ3v) is 4.89. The molecule has 0 heterocycles. The first kappa shape index (κ1) is 20.7. The van der Waals surface area contributed by atoms with Crippen molar-refractivity contribution < 1.29 is 9.59 Å². The molecule has 27 heavy (non-hydrogen) atoms. The molecule has 0 bridgehead atoms. The quantitative estimate of drug-likeness (QED) is 0.741. The zero-order valence-corrected chi connectivity index (χ0v) is 16.3. The second kappa shape index (κ2) is 9.89. The van der Waals surface area contributed by atoms with Crippen molar-refractivity contribution in [1.29, 1.82) is 5.26 Å². The molecule has 2 aromatic rings. The minimum atomic E-state index is -0.444. The Balaban J connectivity index is 2.02. The molecule has 4 nitrogen and oxygen atoms in total. The maximum atomic E-state index is 12.7. The number of nitrogens with zero attached hydrogens (tertiary/aromatic N) is 1. The topological polar surface area (TPSA) is 70.0 Å². The molecule has 1 N–H and O–H groups in total. The molecule has 0 aliphatic rings. The summed E-state index contributed by atoms with van der Waals surface area (Å²) in [6.45, 7) is 3.93. The lowest BCUT2D eigenvalue weighted by molar-refractivity contribution is -0.129. The molecule has 0 spiro atoms. The van der Waals surface area contributed by atoms with Crippen LogP contribution >= 0.6 is 11.6 Å². The Labute approximate surface area is 165 Å². The summed E-state index contributed by atoms with van der Waals surface area (Å²) in [5.74, 6) is -0.720. The van der Waals surface area contributed by atoms with Crippen LogP contribution in [0.25, 0.3) is 0 Å². The van der Waals surface area contributed by atoms with Crippen LogP contribution in [-0.4, -0.2) is 18.2 Å². The molecule has 2 atom stereocenters. The lowest BCUT2D eigenvalue weighted by atomic mass is 9.83. The summed E-state index contributed by atoms with van der Waals surface area (Å²) in [4.78, 5) is 24.4. The standard InChI is InChI=1S/C22H23ClN2O2/c1-15(26)13-21(16(2)19-7-3-18(14-24)4-8-19)22(27)25-12-11-17-5-9-20(23)10-6-17/h3-10,16,21H,11-13H2,1-2H3,(H,25,27)/t16-,21+/m1/s1. The van der Waals surface area contributed by atoms with E-state index in [0.29, 0.717) is 23.6 Å². The first-order valence-corrected chi connectivity index (χ1v) is 9.30. The van der Waals surface area contributed by atoms with Gasteiger partial charge in [0.2, 0.25) is 5.91 Å². The van der Waals surface area contributed by atoms with E-state index in [9.17, 15) is 9.59 Å². The number of nitriles is 1. The van der Waals surface area contributed by atoms with Gasteiger partial charge in [-0.1, -0.05) is 42.8 Å². The van der Waals surface area contributed by atoms with Gasteiger partial charge in [0.25, 0.3) is 0 Å².